The third kappa shape index (κ3) is 1.87. The molecule has 0 spiro atoms. The number of hydrogen-bond donors (Lipinski definition) is 2. The van der Waals surface area contributed by atoms with Gasteiger partial charge >= 0.3 is 11.9 Å². The standard InChI is InChI=1S/C11H8N2O4/c14-10(15)8-6-12-13(9(8)11(16)17)7-4-2-1-3-5-7/h1-6H,(H,14,15)(H,16,17). The molecule has 0 atom stereocenters. The molecule has 0 fully saturated rings. The molecule has 0 saturated heterocycles. The molecule has 0 radical (unpaired) electrons. The minimum absolute atomic E-state index is 0.332. The van der Waals surface area contributed by atoms with E-state index in [2.05, 4.69) is 5.10 Å². The Morgan fingerprint density at radius 2 is 1.71 bits per heavy atom. The van der Waals surface area contributed by atoms with Gasteiger partial charge in [-0.2, -0.15) is 5.10 Å². The van der Waals surface area contributed by atoms with Gasteiger partial charge in [0.2, 0.25) is 0 Å². The van der Waals surface area contributed by atoms with Gasteiger partial charge in [-0.15, -0.1) is 0 Å². The quantitative estimate of drug-likeness (QED) is 0.831. The average Bonchev–Trinajstić information content (AvgIpc) is 2.74. The van der Waals surface area contributed by atoms with Gasteiger partial charge in [-0.25, -0.2) is 14.3 Å². The molecule has 1 aromatic heterocycles. The Labute approximate surface area is 95.7 Å². The van der Waals surface area contributed by atoms with Gasteiger partial charge in [-0.05, 0) is 12.1 Å². The van der Waals surface area contributed by atoms with E-state index in [4.69, 9.17) is 10.2 Å². The summed E-state index contributed by atoms with van der Waals surface area (Å²) in [5.41, 5.74) is -0.192. The number of carboxylic acid groups (broad SMARTS) is 2. The molecule has 86 valence electrons. The summed E-state index contributed by atoms with van der Waals surface area (Å²) in [4.78, 5) is 21.9. The number of nitrogens with zero attached hydrogens (tertiary/aromatic N) is 2. The van der Waals surface area contributed by atoms with Crippen LogP contribution in [0.15, 0.2) is 36.5 Å². The molecule has 1 heterocycles. The lowest BCUT2D eigenvalue weighted by molar-refractivity contribution is 0.0646. The number of rotatable bonds is 3. The first-order valence-corrected chi connectivity index (χ1v) is 4.71. The highest BCUT2D eigenvalue weighted by Gasteiger charge is 2.23. The van der Waals surface area contributed by atoms with Crippen LogP contribution in [0.4, 0.5) is 0 Å². The monoisotopic (exact) mass is 232 g/mol. The highest BCUT2D eigenvalue weighted by molar-refractivity contribution is 6.00. The van der Waals surface area contributed by atoms with Crippen molar-refractivity contribution in [1.29, 1.82) is 0 Å². The SMILES string of the molecule is O=C(O)c1cnn(-c2ccccc2)c1C(=O)O. The van der Waals surface area contributed by atoms with E-state index in [9.17, 15) is 9.59 Å². The van der Waals surface area contributed by atoms with Crippen LogP contribution in [0.25, 0.3) is 5.69 Å². The lowest BCUT2D eigenvalue weighted by Crippen LogP contribution is -2.12. The first-order chi connectivity index (χ1) is 8.11. The number of aromatic carboxylic acids is 2. The van der Waals surface area contributed by atoms with E-state index in [-0.39, 0.29) is 11.3 Å². The van der Waals surface area contributed by atoms with Crippen molar-refractivity contribution in [3.05, 3.63) is 47.8 Å². The van der Waals surface area contributed by atoms with Crippen molar-refractivity contribution >= 4 is 11.9 Å². The summed E-state index contributed by atoms with van der Waals surface area (Å²) in [6.07, 6.45) is 1.03. The molecule has 17 heavy (non-hydrogen) atoms. The first kappa shape index (κ1) is 10.9. The molecule has 1 aromatic carbocycles. The van der Waals surface area contributed by atoms with Gasteiger partial charge in [0.05, 0.1) is 11.9 Å². The highest BCUT2D eigenvalue weighted by atomic mass is 16.4. The van der Waals surface area contributed by atoms with E-state index in [0.717, 1.165) is 10.9 Å². The zero-order valence-corrected chi connectivity index (χ0v) is 8.57. The number of aromatic nitrogens is 2. The van der Waals surface area contributed by atoms with Gasteiger partial charge in [0.15, 0.2) is 5.69 Å². The minimum Gasteiger partial charge on any atom is -0.478 e. The number of hydrogen-bond acceptors (Lipinski definition) is 3. The van der Waals surface area contributed by atoms with E-state index in [1.54, 1.807) is 30.3 Å². The fraction of sp³-hybridized carbons (Fsp3) is 0. The predicted octanol–water partition coefficient (Wildman–Crippen LogP) is 1.27. The Morgan fingerprint density at radius 3 is 2.24 bits per heavy atom. The van der Waals surface area contributed by atoms with E-state index >= 15 is 0 Å². The minimum atomic E-state index is -1.33. The molecular formula is C11H8N2O4. The molecule has 0 aliphatic heterocycles. The van der Waals surface area contributed by atoms with Crippen LogP contribution in [0.3, 0.4) is 0 Å². The van der Waals surface area contributed by atoms with Gasteiger partial charge < -0.3 is 10.2 Å². The predicted molar refractivity (Wildman–Crippen MR) is 57.5 cm³/mol. The molecule has 0 aliphatic carbocycles. The summed E-state index contributed by atoms with van der Waals surface area (Å²) in [7, 11) is 0. The summed E-state index contributed by atoms with van der Waals surface area (Å²) in [5.74, 6) is -2.65. The Hall–Kier alpha value is -2.63. The third-order valence-corrected chi connectivity index (χ3v) is 2.20. The molecule has 0 bridgehead atoms. The highest BCUT2D eigenvalue weighted by Crippen LogP contribution is 2.14. The van der Waals surface area contributed by atoms with Gasteiger partial charge in [0.1, 0.15) is 5.56 Å². The molecule has 0 unspecified atom stereocenters. The average molecular weight is 232 g/mol. The fourth-order valence-corrected chi connectivity index (χ4v) is 1.48. The van der Waals surface area contributed by atoms with Crippen molar-refractivity contribution < 1.29 is 19.8 Å². The maximum Gasteiger partial charge on any atom is 0.355 e. The van der Waals surface area contributed by atoms with Crippen molar-refractivity contribution in [2.75, 3.05) is 0 Å². The van der Waals surface area contributed by atoms with Crippen LogP contribution in [-0.2, 0) is 0 Å². The number of carbonyl (C=O) groups is 2. The summed E-state index contributed by atoms with van der Waals surface area (Å²) in [6, 6.07) is 8.48. The van der Waals surface area contributed by atoms with E-state index in [1.807, 2.05) is 0 Å². The van der Waals surface area contributed by atoms with Gasteiger partial charge in [-0.3, -0.25) is 0 Å². The van der Waals surface area contributed by atoms with Crippen LogP contribution in [0.5, 0.6) is 0 Å². The van der Waals surface area contributed by atoms with Gasteiger partial charge in [-0.1, -0.05) is 18.2 Å². The number of para-hydroxylation sites is 1. The molecule has 2 N–H and O–H groups in total. The third-order valence-electron chi connectivity index (χ3n) is 2.20. The number of carboxylic acids is 2. The molecular weight excluding hydrogens is 224 g/mol. The molecule has 6 nitrogen and oxygen atoms in total. The van der Waals surface area contributed by atoms with Crippen molar-refractivity contribution in [2.24, 2.45) is 0 Å². The van der Waals surface area contributed by atoms with Crippen LogP contribution < -0.4 is 0 Å². The lowest BCUT2D eigenvalue weighted by atomic mass is 10.2. The van der Waals surface area contributed by atoms with E-state index in [0.29, 0.717) is 5.69 Å². The Kier molecular flexibility index (Phi) is 2.61. The number of benzene rings is 1. The van der Waals surface area contributed by atoms with Crippen molar-refractivity contribution in [1.82, 2.24) is 9.78 Å². The maximum atomic E-state index is 11.1. The molecule has 2 aromatic rings. The van der Waals surface area contributed by atoms with Gasteiger partial charge in [0, 0.05) is 0 Å². The van der Waals surface area contributed by atoms with Crippen molar-refractivity contribution in [3.8, 4) is 5.69 Å². The second kappa shape index (κ2) is 4.09. The largest absolute Gasteiger partial charge is 0.478 e. The van der Waals surface area contributed by atoms with Crippen molar-refractivity contribution in [2.45, 2.75) is 0 Å². The summed E-state index contributed by atoms with van der Waals surface area (Å²) in [6.45, 7) is 0. The topological polar surface area (TPSA) is 92.4 Å². The smallest absolute Gasteiger partial charge is 0.355 e. The van der Waals surface area contributed by atoms with E-state index in [1.165, 1.54) is 0 Å². The van der Waals surface area contributed by atoms with Crippen LogP contribution in [0.2, 0.25) is 0 Å². The Morgan fingerprint density at radius 1 is 1.06 bits per heavy atom. The summed E-state index contributed by atoms with van der Waals surface area (Å²) < 4.78 is 1.09. The van der Waals surface area contributed by atoms with Crippen LogP contribution in [0, 0.1) is 0 Å². The molecule has 0 saturated carbocycles. The van der Waals surface area contributed by atoms with Crippen molar-refractivity contribution in [3.63, 3.8) is 0 Å². The zero-order chi connectivity index (χ0) is 12.4. The zero-order valence-electron chi connectivity index (χ0n) is 8.57. The van der Waals surface area contributed by atoms with E-state index < -0.39 is 11.9 Å². The Bertz CT molecular complexity index is 574. The summed E-state index contributed by atoms with van der Waals surface area (Å²) in [5, 5.41) is 21.7. The molecule has 0 amide bonds. The molecule has 2 rings (SSSR count). The second-order valence-electron chi connectivity index (χ2n) is 3.26. The van der Waals surface area contributed by atoms with Crippen LogP contribution in [-0.4, -0.2) is 31.9 Å². The normalized spacial score (nSPS) is 10.1. The van der Waals surface area contributed by atoms with Crippen LogP contribution >= 0.6 is 0 Å². The maximum absolute atomic E-state index is 11.1. The van der Waals surface area contributed by atoms with Gasteiger partial charge in [0.25, 0.3) is 0 Å². The van der Waals surface area contributed by atoms with Crippen LogP contribution in [0.1, 0.15) is 20.8 Å². The molecule has 0 aliphatic rings. The lowest BCUT2D eigenvalue weighted by Gasteiger charge is -2.04. The molecule has 6 heteroatoms. The summed E-state index contributed by atoms with van der Waals surface area (Å²) >= 11 is 0. The fourth-order valence-electron chi connectivity index (χ4n) is 1.48. The Balaban J connectivity index is 2.64. The second-order valence-corrected chi connectivity index (χ2v) is 3.26. The first-order valence-electron chi connectivity index (χ1n) is 4.71.